The molecule has 0 spiro atoms. The number of aryl methyl sites for hydroxylation is 4. The number of hydrogen-bond donors (Lipinski definition) is 5. The van der Waals surface area contributed by atoms with Crippen molar-refractivity contribution in [1.82, 2.24) is 52.5 Å². The molecule has 8 aromatic heterocycles. The van der Waals surface area contributed by atoms with Crippen molar-refractivity contribution < 1.29 is 76.4 Å². The Morgan fingerprint density at radius 3 is 0.993 bits per heavy atom. The Kier molecular flexibility index (Phi) is 49.5. The van der Waals surface area contributed by atoms with Gasteiger partial charge in [0.15, 0.2) is 28.7 Å². The first-order valence-electron chi connectivity index (χ1n) is 42.6. The molecule has 4 unspecified atom stereocenters. The van der Waals surface area contributed by atoms with Crippen LogP contribution in [-0.2, 0) is 47.9 Å². The maximum atomic E-state index is 12.1. The fourth-order valence-electron chi connectivity index (χ4n) is 12.5. The lowest BCUT2D eigenvalue weighted by Gasteiger charge is -2.17. The highest BCUT2D eigenvalue weighted by molar-refractivity contribution is 6.47. The number of alkyl carbamates (subject to hydrolysis) is 1. The predicted octanol–water partition coefficient (Wildman–Crippen LogP) is 20.9. The second kappa shape index (κ2) is 59.6. The van der Waals surface area contributed by atoms with Gasteiger partial charge in [0.05, 0.1) is 93.0 Å². The van der Waals surface area contributed by atoms with Gasteiger partial charge in [0, 0.05) is 101 Å². The van der Waals surface area contributed by atoms with Crippen molar-refractivity contribution >= 4 is 170 Å². The zero-order chi connectivity index (χ0) is 109. The second-order valence-corrected chi connectivity index (χ2v) is 34.0. The highest BCUT2D eigenvalue weighted by Gasteiger charge is 2.23. The summed E-state index contributed by atoms with van der Waals surface area (Å²) >= 11 is 63.0. The Morgan fingerprint density at radius 2 is 0.712 bits per heavy atom. The normalized spacial score (nSPS) is 11.0. The number of carbonyl (C=O) groups is 2. The molecule has 764 valence electrons. The molecule has 13 aromatic rings. The Bertz CT molecular complexity index is 7360. The number of ether oxygens (including phenoxy) is 6. The number of H-pyrrole nitrogens is 2. The lowest BCUT2D eigenvalue weighted by molar-refractivity contribution is -0.193. The van der Waals surface area contributed by atoms with E-state index < -0.39 is 34.7 Å². The summed E-state index contributed by atoms with van der Waals surface area (Å²) in [5, 5.41) is 29.9. The Labute approximate surface area is 880 Å². The fourth-order valence-corrected chi connectivity index (χ4v) is 15.3. The van der Waals surface area contributed by atoms with Gasteiger partial charge in [0.25, 0.3) is 33.7 Å². The molecule has 0 radical (unpaired) electrons. The van der Waals surface area contributed by atoms with Crippen LogP contribution in [0, 0.1) is 50.4 Å². The van der Waals surface area contributed by atoms with Gasteiger partial charge < -0.3 is 66.5 Å². The van der Waals surface area contributed by atoms with E-state index in [9.17, 15) is 43.2 Å². The molecule has 0 aliphatic heterocycles. The number of imide groups is 1. The molecular weight excluding hydrogens is 2110 g/mol. The monoisotopic (exact) mass is 2190 g/mol. The lowest BCUT2D eigenvalue weighted by Crippen LogP contribution is -2.36. The molecular formula is C97H88Cl10N16O23. The number of aromatic amines is 2. The number of hydrogen-bond acceptors (Lipinski definition) is 29. The summed E-state index contributed by atoms with van der Waals surface area (Å²) in [5.41, 5.74) is 11.5. The Hall–Kier alpha value is -15.4. The third-order valence-corrected chi connectivity index (χ3v) is 22.9. The van der Waals surface area contributed by atoms with Crippen LogP contribution in [0.3, 0.4) is 0 Å². The van der Waals surface area contributed by atoms with Crippen molar-refractivity contribution in [3.8, 4) is 86.7 Å². The summed E-state index contributed by atoms with van der Waals surface area (Å²) in [7, 11) is 0. The number of nitriles is 2. The number of nitrogen functional groups attached to an aromatic ring is 1. The first-order chi connectivity index (χ1) is 69.3. The van der Waals surface area contributed by atoms with Gasteiger partial charge >= 0.3 is 36.4 Å². The average Bonchev–Trinajstić information content (AvgIpc) is 1.78. The summed E-state index contributed by atoms with van der Waals surface area (Å²) in [6.45, 7) is 25.4. The molecule has 0 saturated carbocycles. The van der Waals surface area contributed by atoms with Crippen molar-refractivity contribution in [1.29, 1.82) is 10.5 Å². The molecule has 2 amide bonds. The average molecular weight is 2200 g/mol. The standard InChI is InChI=1S/C21H21Cl2N5O5.C21H22Cl2N2O2.C19H15Cl2N5O4.C17H14Cl2N2O2.C15H16Cl2N2O2.4CO2/c1-4-12(3)28-11-14(6-7-18(28)29)33-19-15(22)8-13(9-16(19)23)26-27-17(10-24)20(30)25-21(31)32-5-2;1-5-13(2)24-12-17(8-9-20(24)26)27-21-18(22)10-16(11-19(21)23)25-14(3)6-7-15(25)4;1-3-10(2)25-9-12(4-5-16(25)27)30-17-13(20)6-11(7-14(17)21)26-19(29)23-18(28)15(8-22)24-26;1-10-3-4-11(2)21(10)12-7-14(18)17(15(19)8-12)23-13-5-6-16(22)20-9-13;1-3-9(2)19-8-11(4-5-14(19)20)21-15-12(16)6-10(18)7-13(15)17;4*2-1-3/h6-9,11-12,26H,4-5H2,1-3H3,(H,25,30,31);6-13H,5H2,1-4H3;4-7,9-10H,3H2,1-2H3,(H,23,28,29);3-9H,1-2H3,(H,20,22);4-9H,3,18H2,1-2H3;;;;. The van der Waals surface area contributed by atoms with Gasteiger partial charge in [0.2, 0.25) is 17.0 Å². The zero-order valence-corrected chi connectivity index (χ0v) is 86.8. The van der Waals surface area contributed by atoms with Crippen molar-refractivity contribution in [2.24, 2.45) is 5.10 Å². The number of benzene rings is 5. The Balaban J connectivity index is 0.000000314. The van der Waals surface area contributed by atoms with Crippen LogP contribution < -0.4 is 79.2 Å². The molecule has 0 aliphatic carbocycles. The number of nitrogens with zero attached hydrogens (tertiary/aromatic N) is 11. The summed E-state index contributed by atoms with van der Waals surface area (Å²) in [6, 6.07) is 42.2. The van der Waals surface area contributed by atoms with Gasteiger partial charge in [-0.2, -0.15) is 58.7 Å². The summed E-state index contributed by atoms with van der Waals surface area (Å²) in [4.78, 5) is 175. The van der Waals surface area contributed by atoms with Gasteiger partial charge in [-0.25, -0.2) is 9.59 Å². The van der Waals surface area contributed by atoms with Crippen LogP contribution in [0.5, 0.6) is 57.5 Å². The van der Waals surface area contributed by atoms with Gasteiger partial charge in [-0.3, -0.25) is 49.3 Å². The Morgan fingerprint density at radius 1 is 0.425 bits per heavy atom. The second-order valence-electron chi connectivity index (χ2n) is 29.9. The first-order valence-corrected chi connectivity index (χ1v) is 46.4. The van der Waals surface area contributed by atoms with Gasteiger partial charge in [-0.15, -0.1) is 5.10 Å². The predicted molar refractivity (Wildman–Crippen MR) is 545 cm³/mol. The molecule has 4 atom stereocenters. The van der Waals surface area contributed by atoms with E-state index in [1.807, 2.05) is 130 Å². The summed E-state index contributed by atoms with van der Waals surface area (Å²) < 4.78 is 44.7. The van der Waals surface area contributed by atoms with Gasteiger partial charge in [0.1, 0.15) is 40.9 Å². The number of hydrazone groups is 1. The largest absolute Gasteiger partial charge is 0.453 e. The highest BCUT2D eigenvalue weighted by atomic mass is 35.5. The number of amides is 2. The quantitative estimate of drug-likeness (QED) is 0.0201. The number of aromatic nitrogens is 10. The van der Waals surface area contributed by atoms with Crippen molar-refractivity contribution in [2.45, 2.75) is 140 Å². The van der Waals surface area contributed by atoms with Crippen molar-refractivity contribution in [2.75, 3.05) is 17.8 Å². The van der Waals surface area contributed by atoms with Crippen LogP contribution >= 0.6 is 116 Å². The van der Waals surface area contributed by atoms with E-state index >= 15 is 0 Å². The van der Waals surface area contributed by atoms with Crippen LogP contribution in [0.25, 0.3) is 17.1 Å². The van der Waals surface area contributed by atoms with Crippen LogP contribution in [0.4, 0.5) is 16.2 Å². The van der Waals surface area contributed by atoms with Crippen molar-refractivity contribution in [3.05, 3.63) is 328 Å². The van der Waals surface area contributed by atoms with Crippen LogP contribution in [0.1, 0.15) is 141 Å². The SMILES string of the molecule is CCC(C)n1cc(Oc2c(Cl)cc(-n3c(C)ccc3C)cc2Cl)ccc1=O.CCC(C)n1cc(Oc2c(Cl)cc(-n3nc(C#N)c(=O)[nH]c3=O)cc2Cl)ccc1=O.CCC(C)n1cc(Oc2c(Cl)cc(N)cc2Cl)ccc1=O.CCOC(=O)NC(=O)C(C#N)=NNc1cc(Cl)c(Oc2ccc(=O)n(C(C)CC)c2)c(Cl)c1.Cc1ccc(C)n1-c1cc(Cl)c(Oc2ccc(=O)[nH]c2)c(Cl)c1.O=C=O.O=C=O.O=C=O.O=C=O. The number of pyridine rings is 5. The van der Waals surface area contributed by atoms with E-state index in [1.165, 1.54) is 72.9 Å². The minimum atomic E-state index is -1.04. The minimum absolute atomic E-state index is 0.0215. The van der Waals surface area contributed by atoms with Gasteiger partial charge in [-0.05, 0) is 203 Å². The number of anilines is 2. The van der Waals surface area contributed by atoms with E-state index in [4.69, 9.17) is 194 Å². The molecule has 5 aromatic carbocycles. The summed E-state index contributed by atoms with van der Waals surface area (Å²) in [6.07, 6.45) is 11.1. The molecule has 13 rings (SSSR count). The van der Waals surface area contributed by atoms with E-state index in [1.54, 1.807) is 105 Å². The van der Waals surface area contributed by atoms with E-state index in [-0.39, 0.29) is 126 Å². The minimum Gasteiger partial charge on any atom is -0.453 e. The number of nitrogens with two attached hydrogens (primary N) is 1. The zero-order valence-electron chi connectivity index (χ0n) is 79.3. The molecule has 0 saturated heterocycles. The maximum absolute atomic E-state index is 12.1. The molecule has 6 N–H and O–H groups in total. The van der Waals surface area contributed by atoms with E-state index in [0.29, 0.717) is 81.8 Å². The van der Waals surface area contributed by atoms with Crippen molar-refractivity contribution in [3.63, 3.8) is 0 Å². The molecule has 39 nitrogen and oxygen atoms in total. The molecule has 49 heteroatoms. The number of nitrogens with one attached hydrogen (secondary N) is 4. The van der Waals surface area contributed by atoms with Crippen LogP contribution in [0.15, 0.2) is 215 Å². The third kappa shape index (κ3) is 35.0. The maximum Gasteiger partial charge on any atom is 0.414 e. The molecule has 0 fully saturated rings. The highest BCUT2D eigenvalue weighted by Crippen LogP contribution is 2.44. The summed E-state index contributed by atoms with van der Waals surface area (Å²) in [5.74, 6) is 2.41. The smallest absolute Gasteiger partial charge is 0.414 e. The number of halogens is 10. The van der Waals surface area contributed by atoms with Crippen LogP contribution in [0.2, 0.25) is 50.2 Å². The van der Waals surface area contributed by atoms with E-state index in [2.05, 4.69) is 34.5 Å². The van der Waals surface area contributed by atoms with Gasteiger partial charge in [-0.1, -0.05) is 144 Å². The molecule has 0 bridgehead atoms. The fraction of sp³-hybridized carbons (Fsp3) is 0.227. The van der Waals surface area contributed by atoms with Crippen LogP contribution in [-0.4, -0.2) is 96.1 Å². The lowest BCUT2D eigenvalue weighted by atomic mass is 10.2. The first kappa shape index (κ1) is 121. The molecule has 0 aliphatic rings. The topological polar surface area (TPSA) is 535 Å². The number of rotatable bonds is 25. The van der Waals surface area contributed by atoms with E-state index in [0.717, 1.165) is 64.5 Å². The number of carbonyl (C=O) groups excluding carboxylic acids is 10. The third-order valence-electron chi connectivity index (χ3n) is 20.1. The molecule has 146 heavy (non-hydrogen) atoms. The molecule has 8 heterocycles.